The van der Waals surface area contributed by atoms with E-state index in [1.54, 1.807) is 24.3 Å². The fourth-order valence-electron chi connectivity index (χ4n) is 2.30. The van der Waals surface area contributed by atoms with E-state index in [0.717, 1.165) is 5.56 Å². The second kappa shape index (κ2) is 4.93. The van der Waals surface area contributed by atoms with E-state index in [-0.39, 0.29) is 17.1 Å². The van der Waals surface area contributed by atoms with E-state index in [1.807, 2.05) is 12.1 Å². The van der Waals surface area contributed by atoms with Gasteiger partial charge in [-0.3, -0.25) is 9.79 Å². The SMILES string of the molecule is CS(=O)(=O)c1ccc(C2=Nc3ccccc3C(=O)C2)cc1. The third-order valence-corrected chi connectivity index (χ3v) is 4.53. The van der Waals surface area contributed by atoms with Gasteiger partial charge >= 0.3 is 0 Å². The molecule has 0 radical (unpaired) electrons. The molecule has 0 atom stereocenters. The quantitative estimate of drug-likeness (QED) is 0.856. The Bertz CT molecular complexity index is 849. The van der Waals surface area contributed by atoms with Gasteiger partial charge in [-0.25, -0.2) is 8.42 Å². The maximum atomic E-state index is 12.1. The van der Waals surface area contributed by atoms with E-state index in [2.05, 4.69) is 4.99 Å². The number of fused-ring (bicyclic) bond motifs is 1. The van der Waals surface area contributed by atoms with Crippen LogP contribution in [0.5, 0.6) is 0 Å². The Kier molecular flexibility index (Phi) is 3.22. The van der Waals surface area contributed by atoms with Crippen LogP contribution in [0.25, 0.3) is 0 Å². The Hall–Kier alpha value is -2.27. The van der Waals surface area contributed by atoms with E-state index in [4.69, 9.17) is 0 Å². The molecule has 1 heterocycles. The topological polar surface area (TPSA) is 63.6 Å². The molecule has 106 valence electrons. The highest BCUT2D eigenvalue weighted by Gasteiger charge is 2.20. The molecule has 1 aliphatic rings. The van der Waals surface area contributed by atoms with Gasteiger partial charge in [0, 0.05) is 11.8 Å². The zero-order chi connectivity index (χ0) is 15.0. The molecule has 0 spiro atoms. The van der Waals surface area contributed by atoms with Crippen molar-refractivity contribution in [2.75, 3.05) is 6.26 Å². The molecule has 0 unspecified atom stereocenters. The van der Waals surface area contributed by atoms with Crippen molar-refractivity contribution in [3.8, 4) is 0 Å². The van der Waals surface area contributed by atoms with Gasteiger partial charge < -0.3 is 0 Å². The summed E-state index contributed by atoms with van der Waals surface area (Å²) < 4.78 is 22.9. The minimum atomic E-state index is -3.22. The lowest BCUT2D eigenvalue weighted by Gasteiger charge is -2.14. The van der Waals surface area contributed by atoms with Crippen molar-refractivity contribution < 1.29 is 13.2 Å². The van der Waals surface area contributed by atoms with Crippen LogP contribution in [0.15, 0.2) is 58.4 Å². The number of carbonyl (C=O) groups is 1. The van der Waals surface area contributed by atoms with Gasteiger partial charge in [-0.05, 0) is 29.8 Å². The van der Waals surface area contributed by atoms with Crippen molar-refractivity contribution in [2.45, 2.75) is 11.3 Å². The number of benzene rings is 2. The number of para-hydroxylation sites is 1. The standard InChI is InChI=1S/C16H13NO3S/c1-21(19,20)12-8-6-11(7-9-12)15-10-16(18)13-4-2-3-5-14(13)17-15/h2-9H,10H2,1H3. The molecule has 5 heteroatoms. The third kappa shape index (κ3) is 2.64. The minimum Gasteiger partial charge on any atom is -0.294 e. The average Bonchev–Trinajstić information content (AvgIpc) is 2.46. The molecule has 0 saturated carbocycles. The van der Waals surface area contributed by atoms with Gasteiger partial charge in [0.1, 0.15) is 0 Å². The lowest BCUT2D eigenvalue weighted by molar-refractivity contribution is 0.1000. The Morgan fingerprint density at radius 2 is 1.67 bits per heavy atom. The maximum absolute atomic E-state index is 12.1. The molecule has 21 heavy (non-hydrogen) atoms. The van der Waals surface area contributed by atoms with Gasteiger partial charge in [0.2, 0.25) is 0 Å². The van der Waals surface area contributed by atoms with Crippen LogP contribution in [0.1, 0.15) is 22.3 Å². The summed E-state index contributed by atoms with van der Waals surface area (Å²) in [5, 5.41) is 0. The smallest absolute Gasteiger partial charge is 0.175 e. The number of carbonyl (C=O) groups excluding carboxylic acids is 1. The predicted octanol–water partition coefficient (Wildman–Crippen LogP) is 2.80. The van der Waals surface area contributed by atoms with Gasteiger partial charge in [-0.2, -0.15) is 0 Å². The van der Waals surface area contributed by atoms with Crippen molar-refractivity contribution in [3.05, 3.63) is 59.7 Å². The Morgan fingerprint density at radius 1 is 1.00 bits per heavy atom. The number of sulfone groups is 1. The van der Waals surface area contributed by atoms with Crippen LogP contribution in [-0.4, -0.2) is 26.2 Å². The maximum Gasteiger partial charge on any atom is 0.175 e. The van der Waals surface area contributed by atoms with Crippen molar-refractivity contribution in [2.24, 2.45) is 4.99 Å². The largest absolute Gasteiger partial charge is 0.294 e. The second-order valence-corrected chi connectivity index (χ2v) is 6.99. The monoisotopic (exact) mass is 299 g/mol. The molecular formula is C16H13NO3S. The molecule has 0 aliphatic carbocycles. The summed E-state index contributed by atoms with van der Waals surface area (Å²) in [6.45, 7) is 0. The first-order chi connectivity index (χ1) is 9.95. The molecule has 4 nitrogen and oxygen atoms in total. The molecule has 0 aromatic heterocycles. The first kappa shape index (κ1) is 13.7. The van der Waals surface area contributed by atoms with Crippen LogP contribution in [-0.2, 0) is 9.84 Å². The van der Waals surface area contributed by atoms with E-state index >= 15 is 0 Å². The average molecular weight is 299 g/mol. The summed E-state index contributed by atoms with van der Waals surface area (Å²) in [6, 6.07) is 13.7. The molecule has 2 aromatic carbocycles. The second-order valence-electron chi connectivity index (χ2n) is 4.97. The van der Waals surface area contributed by atoms with Crippen LogP contribution in [0.4, 0.5) is 5.69 Å². The molecule has 3 rings (SSSR count). The van der Waals surface area contributed by atoms with Crippen molar-refractivity contribution in [1.29, 1.82) is 0 Å². The number of hydrogen-bond acceptors (Lipinski definition) is 4. The zero-order valence-corrected chi connectivity index (χ0v) is 12.2. The molecule has 0 saturated heterocycles. The highest BCUT2D eigenvalue weighted by atomic mass is 32.2. The number of hydrogen-bond donors (Lipinski definition) is 0. The first-order valence-electron chi connectivity index (χ1n) is 6.45. The Labute approximate surface area is 123 Å². The lowest BCUT2D eigenvalue weighted by atomic mass is 9.96. The van der Waals surface area contributed by atoms with Crippen molar-refractivity contribution in [3.63, 3.8) is 0 Å². The lowest BCUT2D eigenvalue weighted by Crippen LogP contribution is -2.14. The van der Waals surface area contributed by atoms with Gasteiger partial charge in [-0.15, -0.1) is 0 Å². The summed E-state index contributed by atoms with van der Waals surface area (Å²) >= 11 is 0. The number of nitrogens with zero attached hydrogens (tertiary/aromatic N) is 1. The van der Waals surface area contributed by atoms with Crippen LogP contribution < -0.4 is 0 Å². The summed E-state index contributed by atoms with van der Waals surface area (Å²) in [5.74, 6) is 0.0304. The van der Waals surface area contributed by atoms with Gasteiger partial charge in [0.05, 0.1) is 22.7 Å². The summed E-state index contributed by atoms with van der Waals surface area (Å²) in [7, 11) is -3.22. The van der Waals surface area contributed by atoms with Crippen molar-refractivity contribution >= 4 is 27.0 Å². The van der Waals surface area contributed by atoms with E-state index in [9.17, 15) is 13.2 Å². The first-order valence-corrected chi connectivity index (χ1v) is 8.34. The predicted molar refractivity (Wildman–Crippen MR) is 81.1 cm³/mol. The Balaban J connectivity index is 2.03. The highest BCUT2D eigenvalue weighted by Crippen LogP contribution is 2.27. The molecule has 0 bridgehead atoms. The fraction of sp³-hybridized carbons (Fsp3) is 0.125. The summed E-state index contributed by atoms with van der Waals surface area (Å²) in [6.07, 6.45) is 1.40. The molecule has 2 aromatic rings. The van der Waals surface area contributed by atoms with E-state index in [1.165, 1.54) is 18.4 Å². The summed E-state index contributed by atoms with van der Waals surface area (Å²) in [4.78, 5) is 16.9. The number of Topliss-reactive ketones (excluding diaryl/α,β-unsaturated/α-hetero) is 1. The normalized spacial score (nSPS) is 14.5. The van der Waals surface area contributed by atoms with Crippen LogP contribution >= 0.6 is 0 Å². The van der Waals surface area contributed by atoms with Crippen LogP contribution in [0.3, 0.4) is 0 Å². The van der Waals surface area contributed by atoms with Crippen LogP contribution in [0.2, 0.25) is 0 Å². The molecule has 1 aliphatic heterocycles. The molecule has 0 amide bonds. The van der Waals surface area contributed by atoms with E-state index in [0.29, 0.717) is 17.0 Å². The van der Waals surface area contributed by atoms with E-state index < -0.39 is 9.84 Å². The third-order valence-electron chi connectivity index (χ3n) is 3.40. The molecular weight excluding hydrogens is 286 g/mol. The number of ketones is 1. The van der Waals surface area contributed by atoms with Gasteiger partial charge in [0.15, 0.2) is 15.6 Å². The molecule has 0 fully saturated rings. The molecule has 0 N–H and O–H groups in total. The highest BCUT2D eigenvalue weighted by molar-refractivity contribution is 7.90. The van der Waals surface area contributed by atoms with Gasteiger partial charge in [-0.1, -0.05) is 24.3 Å². The van der Waals surface area contributed by atoms with Crippen LogP contribution in [0, 0.1) is 0 Å². The van der Waals surface area contributed by atoms with Crippen molar-refractivity contribution in [1.82, 2.24) is 0 Å². The Morgan fingerprint density at radius 3 is 2.33 bits per heavy atom. The summed E-state index contributed by atoms with van der Waals surface area (Å²) in [5.41, 5.74) is 2.73. The fourth-order valence-corrected chi connectivity index (χ4v) is 2.93. The zero-order valence-electron chi connectivity index (χ0n) is 11.4. The number of rotatable bonds is 2. The van der Waals surface area contributed by atoms with Gasteiger partial charge in [0.25, 0.3) is 0 Å². The number of aliphatic imine (C=N–C) groups is 1. The minimum absolute atomic E-state index is 0.0304.